The van der Waals surface area contributed by atoms with Gasteiger partial charge in [0, 0.05) is 42.1 Å². The van der Waals surface area contributed by atoms with Gasteiger partial charge in [0.1, 0.15) is 5.76 Å². The number of halogens is 1. The number of nitrogens with zero attached hydrogens (tertiary/aromatic N) is 2. The summed E-state index contributed by atoms with van der Waals surface area (Å²) < 4.78 is 19.0. The molecule has 0 aliphatic carbocycles. The molecular weight excluding hydrogens is 454 g/mol. The molecule has 1 aromatic heterocycles. The Morgan fingerprint density at radius 2 is 1.79 bits per heavy atom. The Morgan fingerprint density at radius 3 is 2.48 bits per heavy atom. The minimum atomic E-state index is -1.21. The first kappa shape index (κ1) is 22.2. The SMILES string of the molecule is CCN1CCN(CCCNC(=O)c2ccc(C[S@@](=O)c3ccc(Br)cc3)o2)CC1. The van der Waals surface area contributed by atoms with Crippen LogP contribution in [0.1, 0.15) is 29.7 Å². The van der Waals surface area contributed by atoms with Crippen LogP contribution in [0.2, 0.25) is 0 Å². The molecule has 1 fully saturated rings. The number of nitrogens with one attached hydrogen (secondary N) is 1. The van der Waals surface area contributed by atoms with Crippen LogP contribution in [0.3, 0.4) is 0 Å². The van der Waals surface area contributed by atoms with E-state index in [1.807, 2.05) is 24.3 Å². The van der Waals surface area contributed by atoms with Gasteiger partial charge in [0.15, 0.2) is 5.76 Å². The fourth-order valence-electron chi connectivity index (χ4n) is 3.30. The van der Waals surface area contributed by atoms with Crippen LogP contribution >= 0.6 is 15.9 Å². The maximum absolute atomic E-state index is 12.4. The molecule has 8 heteroatoms. The second-order valence-corrected chi connectivity index (χ2v) is 9.46. The monoisotopic (exact) mass is 481 g/mol. The van der Waals surface area contributed by atoms with E-state index >= 15 is 0 Å². The fraction of sp³-hybridized carbons (Fsp3) is 0.476. The Kier molecular flexibility index (Phi) is 8.47. The molecule has 1 atom stereocenters. The molecule has 1 saturated heterocycles. The Bertz CT molecular complexity index is 817. The second-order valence-electron chi connectivity index (χ2n) is 7.10. The van der Waals surface area contributed by atoms with Crippen molar-refractivity contribution < 1.29 is 13.4 Å². The smallest absolute Gasteiger partial charge is 0.286 e. The van der Waals surface area contributed by atoms with Crippen molar-refractivity contribution in [2.45, 2.75) is 24.0 Å². The van der Waals surface area contributed by atoms with Gasteiger partial charge in [0.25, 0.3) is 5.91 Å². The molecule has 1 amide bonds. The Balaban J connectivity index is 1.39. The molecule has 6 nitrogen and oxygen atoms in total. The van der Waals surface area contributed by atoms with E-state index in [2.05, 4.69) is 38.0 Å². The lowest BCUT2D eigenvalue weighted by Gasteiger charge is -2.33. The number of furan rings is 1. The molecule has 1 N–H and O–H groups in total. The molecule has 158 valence electrons. The second kappa shape index (κ2) is 11.1. The van der Waals surface area contributed by atoms with E-state index in [9.17, 15) is 9.00 Å². The summed E-state index contributed by atoms with van der Waals surface area (Å²) in [6, 6.07) is 10.7. The van der Waals surface area contributed by atoms with Crippen LogP contribution in [-0.4, -0.2) is 65.7 Å². The zero-order chi connectivity index (χ0) is 20.6. The lowest BCUT2D eigenvalue weighted by molar-refractivity contribution is 0.0919. The molecule has 0 spiro atoms. The van der Waals surface area contributed by atoms with Gasteiger partial charge < -0.3 is 19.5 Å². The summed E-state index contributed by atoms with van der Waals surface area (Å²) in [4.78, 5) is 17.9. The molecule has 3 rings (SSSR count). The van der Waals surface area contributed by atoms with Gasteiger partial charge >= 0.3 is 0 Å². The van der Waals surface area contributed by atoms with Crippen molar-refractivity contribution in [1.29, 1.82) is 0 Å². The number of amides is 1. The molecule has 1 aromatic carbocycles. The van der Waals surface area contributed by atoms with E-state index in [-0.39, 0.29) is 17.4 Å². The van der Waals surface area contributed by atoms with Crippen LogP contribution in [-0.2, 0) is 16.6 Å². The summed E-state index contributed by atoms with van der Waals surface area (Å²) >= 11 is 3.37. The third kappa shape index (κ3) is 6.77. The third-order valence-corrected chi connectivity index (χ3v) is 6.96. The minimum Gasteiger partial charge on any atom is -0.455 e. The predicted molar refractivity (Wildman–Crippen MR) is 118 cm³/mol. The summed E-state index contributed by atoms with van der Waals surface area (Å²) in [6.45, 7) is 9.37. The molecule has 29 heavy (non-hydrogen) atoms. The lowest BCUT2D eigenvalue weighted by Crippen LogP contribution is -2.46. The summed E-state index contributed by atoms with van der Waals surface area (Å²) in [5, 5.41) is 2.91. The van der Waals surface area contributed by atoms with Crippen molar-refractivity contribution in [3.63, 3.8) is 0 Å². The Morgan fingerprint density at radius 1 is 1.10 bits per heavy atom. The topological polar surface area (TPSA) is 65.8 Å². The molecule has 0 unspecified atom stereocenters. The van der Waals surface area contributed by atoms with Gasteiger partial charge in [-0.1, -0.05) is 22.9 Å². The highest BCUT2D eigenvalue weighted by molar-refractivity contribution is 9.10. The van der Waals surface area contributed by atoms with Gasteiger partial charge in [0.2, 0.25) is 0 Å². The molecule has 0 bridgehead atoms. The van der Waals surface area contributed by atoms with Crippen LogP contribution in [0, 0.1) is 0 Å². The number of hydrogen-bond donors (Lipinski definition) is 1. The van der Waals surface area contributed by atoms with Crippen molar-refractivity contribution in [3.05, 3.63) is 52.4 Å². The minimum absolute atomic E-state index is 0.221. The molecule has 2 heterocycles. The number of likely N-dealkylation sites (N-methyl/N-ethyl adjacent to an activating group) is 1. The zero-order valence-electron chi connectivity index (χ0n) is 16.7. The summed E-state index contributed by atoms with van der Waals surface area (Å²) in [5.41, 5.74) is 0. The standard InChI is InChI=1S/C21H28BrN3O3S/c1-2-24-12-14-25(15-13-24)11-3-10-23-21(26)20-9-6-18(28-20)16-29(27)19-7-4-17(22)5-8-19/h4-9H,2-3,10-16H2,1H3,(H,23,26)/t29-/m1/s1. The maximum Gasteiger partial charge on any atom is 0.286 e. The number of piperazine rings is 1. The normalized spacial score (nSPS) is 16.6. The predicted octanol–water partition coefficient (Wildman–Crippen LogP) is 3.11. The van der Waals surface area contributed by atoms with Crippen LogP contribution < -0.4 is 5.32 Å². The highest BCUT2D eigenvalue weighted by Crippen LogP contribution is 2.17. The number of rotatable bonds is 9. The molecular formula is C21H28BrN3O3S. The van der Waals surface area contributed by atoms with Gasteiger partial charge in [0.05, 0.1) is 16.6 Å². The van der Waals surface area contributed by atoms with E-state index in [0.717, 1.165) is 55.1 Å². The Labute approximate surface area is 183 Å². The zero-order valence-corrected chi connectivity index (χ0v) is 19.1. The van der Waals surface area contributed by atoms with Crippen molar-refractivity contribution in [3.8, 4) is 0 Å². The van der Waals surface area contributed by atoms with Gasteiger partial charge in [-0.05, 0) is 55.9 Å². The van der Waals surface area contributed by atoms with Crippen LogP contribution in [0.15, 0.2) is 50.2 Å². The number of carbonyl (C=O) groups is 1. The van der Waals surface area contributed by atoms with E-state index in [1.54, 1.807) is 12.1 Å². The van der Waals surface area contributed by atoms with Crippen molar-refractivity contribution in [2.24, 2.45) is 0 Å². The van der Waals surface area contributed by atoms with Crippen molar-refractivity contribution in [1.82, 2.24) is 15.1 Å². The first-order chi connectivity index (χ1) is 14.0. The quantitative estimate of drug-likeness (QED) is 0.557. The van der Waals surface area contributed by atoms with Gasteiger partial charge in [-0.25, -0.2) is 0 Å². The van der Waals surface area contributed by atoms with E-state index in [4.69, 9.17) is 4.42 Å². The average Bonchev–Trinajstić information content (AvgIpc) is 3.20. The fourth-order valence-corrected chi connectivity index (χ4v) is 4.58. The first-order valence-corrected chi connectivity index (χ1v) is 12.1. The number of carbonyl (C=O) groups excluding carboxylic acids is 1. The van der Waals surface area contributed by atoms with Crippen LogP contribution in [0.4, 0.5) is 0 Å². The first-order valence-electron chi connectivity index (χ1n) is 10.0. The highest BCUT2D eigenvalue weighted by Gasteiger charge is 2.16. The summed E-state index contributed by atoms with van der Waals surface area (Å²) in [7, 11) is -1.21. The molecule has 1 aliphatic rings. The van der Waals surface area contributed by atoms with Crippen molar-refractivity contribution in [2.75, 3.05) is 45.8 Å². The maximum atomic E-state index is 12.4. The lowest BCUT2D eigenvalue weighted by atomic mass is 10.3. The largest absolute Gasteiger partial charge is 0.455 e. The van der Waals surface area contributed by atoms with Gasteiger partial charge in [-0.3, -0.25) is 9.00 Å². The van der Waals surface area contributed by atoms with Gasteiger partial charge in [-0.15, -0.1) is 0 Å². The molecule has 2 aromatic rings. The van der Waals surface area contributed by atoms with Crippen LogP contribution in [0.5, 0.6) is 0 Å². The Hall–Kier alpha value is -1.48. The number of hydrogen-bond acceptors (Lipinski definition) is 5. The average molecular weight is 482 g/mol. The highest BCUT2D eigenvalue weighted by atomic mass is 79.9. The van der Waals surface area contributed by atoms with E-state index in [0.29, 0.717) is 12.3 Å². The third-order valence-electron chi connectivity index (χ3n) is 5.08. The molecule has 0 radical (unpaired) electrons. The van der Waals surface area contributed by atoms with Crippen molar-refractivity contribution >= 4 is 32.6 Å². The molecule has 1 aliphatic heterocycles. The summed E-state index contributed by atoms with van der Waals surface area (Å²) in [6.07, 6.45) is 0.916. The van der Waals surface area contributed by atoms with Crippen LogP contribution in [0.25, 0.3) is 0 Å². The van der Waals surface area contributed by atoms with E-state index < -0.39 is 10.8 Å². The molecule has 0 saturated carbocycles. The van der Waals surface area contributed by atoms with E-state index in [1.165, 1.54) is 0 Å². The van der Waals surface area contributed by atoms with Gasteiger partial charge in [-0.2, -0.15) is 0 Å². The number of benzene rings is 1. The summed E-state index contributed by atoms with van der Waals surface area (Å²) in [5.74, 6) is 0.842.